The monoisotopic (exact) mass is 486 g/mol. The van der Waals surface area contributed by atoms with Crippen LogP contribution in [0, 0.1) is 5.82 Å². The number of hydrogen-bond acceptors (Lipinski definition) is 7. The van der Waals surface area contributed by atoms with Crippen molar-refractivity contribution in [1.82, 2.24) is 19.5 Å². The molecule has 6 rings (SSSR count). The van der Waals surface area contributed by atoms with Crippen LogP contribution in [0.1, 0.15) is 29.2 Å². The van der Waals surface area contributed by atoms with Crippen molar-refractivity contribution >= 4 is 28.5 Å². The number of aromatic nitrogens is 4. The molecule has 2 fully saturated rings. The first-order chi connectivity index (χ1) is 17.5. The highest BCUT2D eigenvalue weighted by Crippen LogP contribution is 2.38. The van der Waals surface area contributed by atoms with E-state index in [9.17, 15) is 14.7 Å². The molecule has 0 spiro atoms. The molecule has 2 aliphatic rings. The summed E-state index contributed by atoms with van der Waals surface area (Å²) in [6.07, 6.45) is 8.40. The van der Waals surface area contributed by atoms with E-state index in [2.05, 4.69) is 19.9 Å². The maximum atomic E-state index is 15.2. The molecule has 1 saturated heterocycles. The SMILES string of the molecule is O=C(O)c1cn(C2CC2)c2cc(N3CCN(c4nccc(-c5cccnc5)n4)CC3)c(F)cc2c1=O. The number of benzene rings is 1. The number of aromatic carboxylic acids is 1. The summed E-state index contributed by atoms with van der Waals surface area (Å²) in [6.45, 7) is 2.29. The molecule has 0 atom stereocenters. The molecule has 1 aromatic carbocycles. The maximum absolute atomic E-state index is 15.2. The van der Waals surface area contributed by atoms with Crippen molar-refractivity contribution in [2.24, 2.45) is 0 Å². The van der Waals surface area contributed by atoms with Crippen molar-refractivity contribution in [3.8, 4) is 11.3 Å². The van der Waals surface area contributed by atoms with Crippen molar-refractivity contribution in [3.05, 3.63) is 76.7 Å². The second kappa shape index (κ2) is 8.71. The molecule has 1 aliphatic heterocycles. The van der Waals surface area contributed by atoms with E-state index in [4.69, 9.17) is 0 Å². The number of fused-ring (bicyclic) bond motifs is 1. The van der Waals surface area contributed by atoms with Gasteiger partial charge in [-0.3, -0.25) is 9.78 Å². The largest absolute Gasteiger partial charge is 0.477 e. The smallest absolute Gasteiger partial charge is 0.341 e. The van der Waals surface area contributed by atoms with E-state index in [1.165, 1.54) is 12.3 Å². The molecule has 0 unspecified atom stereocenters. The first-order valence-electron chi connectivity index (χ1n) is 11.8. The highest BCUT2D eigenvalue weighted by Gasteiger charge is 2.29. The molecule has 3 aromatic heterocycles. The minimum atomic E-state index is -1.30. The summed E-state index contributed by atoms with van der Waals surface area (Å²) in [5, 5.41) is 9.55. The van der Waals surface area contributed by atoms with Gasteiger partial charge in [-0.05, 0) is 43.2 Å². The number of carboxylic acid groups (broad SMARTS) is 1. The Morgan fingerprint density at radius 2 is 1.83 bits per heavy atom. The van der Waals surface area contributed by atoms with Crippen LogP contribution in [0.3, 0.4) is 0 Å². The van der Waals surface area contributed by atoms with Gasteiger partial charge in [0.1, 0.15) is 11.4 Å². The average Bonchev–Trinajstić information content (AvgIpc) is 3.75. The van der Waals surface area contributed by atoms with E-state index >= 15 is 4.39 Å². The zero-order valence-corrected chi connectivity index (χ0v) is 19.3. The third-order valence-corrected chi connectivity index (χ3v) is 6.77. The van der Waals surface area contributed by atoms with E-state index in [1.807, 2.05) is 27.7 Å². The lowest BCUT2D eigenvalue weighted by molar-refractivity contribution is 0.0695. The number of nitrogens with zero attached hydrogens (tertiary/aromatic N) is 6. The molecule has 0 bridgehead atoms. The van der Waals surface area contributed by atoms with Crippen LogP contribution in [0.25, 0.3) is 22.2 Å². The first-order valence-corrected chi connectivity index (χ1v) is 11.8. The van der Waals surface area contributed by atoms with Crippen LogP contribution in [0.2, 0.25) is 0 Å². The van der Waals surface area contributed by atoms with Gasteiger partial charge in [0.2, 0.25) is 11.4 Å². The van der Waals surface area contributed by atoms with Crippen LogP contribution in [-0.2, 0) is 0 Å². The molecule has 0 radical (unpaired) electrons. The molecule has 36 heavy (non-hydrogen) atoms. The van der Waals surface area contributed by atoms with E-state index in [0.29, 0.717) is 43.3 Å². The second-order valence-electron chi connectivity index (χ2n) is 9.09. The molecule has 10 heteroatoms. The Kier molecular flexibility index (Phi) is 5.36. The average molecular weight is 487 g/mol. The standard InChI is InChI=1S/C26H23FN6O3/c27-20-12-18-22(33(17-3-4-17)15-19(24(18)34)25(35)36)13-23(20)31-8-10-32(11-9-31)26-29-7-5-21(30-26)16-2-1-6-28-14-16/h1-2,5-7,12-15,17H,3-4,8-11H2,(H,35,36). The molecule has 1 N–H and O–H groups in total. The lowest BCUT2D eigenvalue weighted by Crippen LogP contribution is -2.47. The van der Waals surface area contributed by atoms with Gasteiger partial charge >= 0.3 is 5.97 Å². The molecule has 4 aromatic rings. The quantitative estimate of drug-likeness (QED) is 0.458. The van der Waals surface area contributed by atoms with E-state index in [-0.39, 0.29) is 17.0 Å². The number of piperazine rings is 1. The van der Waals surface area contributed by atoms with Crippen LogP contribution in [-0.4, -0.2) is 56.8 Å². The fourth-order valence-electron chi connectivity index (χ4n) is 4.73. The summed E-state index contributed by atoms with van der Waals surface area (Å²) in [5.74, 6) is -1.22. The van der Waals surface area contributed by atoms with Crippen LogP contribution < -0.4 is 15.2 Å². The van der Waals surface area contributed by atoms with Gasteiger partial charge in [0.25, 0.3) is 0 Å². The van der Waals surface area contributed by atoms with Crippen LogP contribution in [0.5, 0.6) is 0 Å². The zero-order valence-electron chi connectivity index (χ0n) is 19.3. The molecular formula is C26H23FN6O3. The number of rotatable bonds is 5. The lowest BCUT2D eigenvalue weighted by Gasteiger charge is -2.36. The predicted octanol–water partition coefficient (Wildman–Crippen LogP) is 3.35. The summed E-state index contributed by atoms with van der Waals surface area (Å²) in [5.41, 5.74) is 1.68. The van der Waals surface area contributed by atoms with Gasteiger partial charge in [0.05, 0.1) is 16.9 Å². The van der Waals surface area contributed by atoms with Crippen molar-refractivity contribution < 1.29 is 14.3 Å². The molecule has 4 heterocycles. The van der Waals surface area contributed by atoms with Gasteiger partial charge in [-0.25, -0.2) is 19.2 Å². The Balaban J connectivity index is 1.28. The van der Waals surface area contributed by atoms with Crippen LogP contribution >= 0.6 is 0 Å². The summed E-state index contributed by atoms with van der Waals surface area (Å²) in [7, 11) is 0. The summed E-state index contributed by atoms with van der Waals surface area (Å²) in [6, 6.07) is 8.65. The number of pyridine rings is 2. The van der Waals surface area contributed by atoms with Crippen molar-refractivity contribution in [3.63, 3.8) is 0 Å². The topological polar surface area (TPSA) is 104 Å². The van der Waals surface area contributed by atoms with Gasteiger partial charge in [-0.1, -0.05) is 0 Å². The number of halogens is 1. The molecule has 9 nitrogen and oxygen atoms in total. The summed E-state index contributed by atoms with van der Waals surface area (Å²) < 4.78 is 17.1. The number of hydrogen-bond donors (Lipinski definition) is 1. The number of anilines is 2. The van der Waals surface area contributed by atoms with Gasteiger partial charge in [-0.15, -0.1) is 0 Å². The molecule has 1 saturated carbocycles. The molecule has 182 valence electrons. The van der Waals surface area contributed by atoms with Gasteiger partial charge < -0.3 is 19.5 Å². The third-order valence-electron chi connectivity index (χ3n) is 6.77. The first kappa shape index (κ1) is 22.1. The lowest BCUT2D eigenvalue weighted by atomic mass is 10.1. The van der Waals surface area contributed by atoms with Crippen LogP contribution in [0.15, 0.2) is 59.9 Å². The van der Waals surface area contributed by atoms with E-state index in [1.54, 1.807) is 24.7 Å². The minimum absolute atomic E-state index is 0.0994. The second-order valence-corrected chi connectivity index (χ2v) is 9.09. The van der Waals surface area contributed by atoms with Crippen molar-refractivity contribution in [2.45, 2.75) is 18.9 Å². The molecule has 1 aliphatic carbocycles. The highest BCUT2D eigenvalue weighted by atomic mass is 19.1. The Morgan fingerprint density at radius 3 is 2.53 bits per heavy atom. The van der Waals surface area contributed by atoms with Crippen molar-refractivity contribution in [1.29, 1.82) is 0 Å². The summed E-state index contributed by atoms with van der Waals surface area (Å²) >= 11 is 0. The molecular weight excluding hydrogens is 463 g/mol. The zero-order chi connectivity index (χ0) is 24.8. The van der Waals surface area contributed by atoms with Crippen LogP contribution in [0.4, 0.5) is 16.0 Å². The number of carbonyl (C=O) groups is 1. The van der Waals surface area contributed by atoms with Gasteiger partial charge in [0, 0.05) is 68.0 Å². The highest BCUT2D eigenvalue weighted by molar-refractivity contribution is 5.93. The van der Waals surface area contributed by atoms with Gasteiger partial charge in [0.15, 0.2) is 0 Å². The molecule has 0 amide bonds. The normalized spacial score (nSPS) is 15.9. The van der Waals surface area contributed by atoms with E-state index in [0.717, 1.165) is 24.1 Å². The van der Waals surface area contributed by atoms with E-state index < -0.39 is 17.2 Å². The fraction of sp³-hybridized carbons (Fsp3) is 0.269. The Labute approximate surface area is 205 Å². The third kappa shape index (κ3) is 3.94. The fourth-order valence-corrected chi connectivity index (χ4v) is 4.73. The predicted molar refractivity (Wildman–Crippen MR) is 133 cm³/mol. The Bertz CT molecular complexity index is 1530. The van der Waals surface area contributed by atoms with Gasteiger partial charge in [-0.2, -0.15) is 0 Å². The summed E-state index contributed by atoms with van der Waals surface area (Å²) in [4.78, 5) is 41.6. The minimum Gasteiger partial charge on any atom is -0.477 e. The van der Waals surface area contributed by atoms with Crippen molar-refractivity contribution in [2.75, 3.05) is 36.0 Å². The number of carboxylic acids is 1. The Hall–Kier alpha value is -4.34. The maximum Gasteiger partial charge on any atom is 0.341 e. The Morgan fingerprint density at radius 1 is 1.06 bits per heavy atom.